The van der Waals surface area contributed by atoms with Crippen LogP contribution in [0.1, 0.15) is 29.9 Å². The summed E-state index contributed by atoms with van der Waals surface area (Å²) in [6.07, 6.45) is 2.53. The predicted molar refractivity (Wildman–Crippen MR) is 115 cm³/mol. The standard InChI is InChI=1S/C22H20N6O4/c1-14(2)20-23-21(29)18(12-26(20)22(30)15-6-4-3-5-7-15)19-13-27(25-24-19)16-8-10-17(11-9-16)28(31)32/h3-14,20H,1-2H3,(H,23,29)/t20-/m0/s1. The Hall–Kier alpha value is -4.34. The van der Waals surface area contributed by atoms with Gasteiger partial charge in [0.2, 0.25) is 0 Å². The molecule has 1 atom stereocenters. The van der Waals surface area contributed by atoms with E-state index in [0.717, 1.165) is 0 Å². The molecule has 3 aromatic rings. The first-order chi connectivity index (χ1) is 15.3. The van der Waals surface area contributed by atoms with Crippen molar-refractivity contribution in [3.05, 3.63) is 88.4 Å². The molecule has 10 heteroatoms. The summed E-state index contributed by atoms with van der Waals surface area (Å²) < 4.78 is 1.41. The summed E-state index contributed by atoms with van der Waals surface area (Å²) in [7, 11) is 0. The number of hydrogen-bond acceptors (Lipinski definition) is 6. The molecule has 1 aliphatic rings. The van der Waals surface area contributed by atoms with Gasteiger partial charge in [0.15, 0.2) is 0 Å². The summed E-state index contributed by atoms with van der Waals surface area (Å²) in [5.41, 5.74) is 1.47. The zero-order valence-electron chi connectivity index (χ0n) is 17.4. The zero-order chi connectivity index (χ0) is 22.8. The van der Waals surface area contributed by atoms with E-state index in [1.165, 1.54) is 46.2 Å². The number of hydrogen-bond donors (Lipinski definition) is 1. The van der Waals surface area contributed by atoms with Gasteiger partial charge in [-0.3, -0.25) is 24.6 Å². The Morgan fingerprint density at radius 2 is 1.81 bits per heavy atom. The number of carbonyl (C=O) groups excluding carboxylic acids is 2. The van der Waals surface area contributed by atoms with Crippen molar-refractivity contribution in [3.63, 3.8) is 0 Å². The molecule has 0 saturated carbocycles. The van der Waals surface area contributed by atoms with E-state index in [9.17, 15) is 19.7 Å². The van der Waals surface area contributed by atoms with Crippen molar-refractivity contribution in [3.8, 4) is 5.69 Å². The smallest absolute Gasteiger partial charge is 0.269 e. The Morgan fingerprint density at radius 1 is 1.12 bits per heavy atom. The molecule has 2 heterocycles. The highest BCUT2D eigenvalue weighted by atomic mass is 16.6. The Morgan fingerprint density at radius 3 is 2.44 bits per heavy atom. The van der Waals surface area contributed by atoms with Gasteiger partial charge in [0, 0.05) is 23.9 Å². The number of rotatable bonds is 5. The first kappa shape index (κ1) is 20.9. The van der Waals surface area contributed by atoms with Crippen LogP contribution in [-0.4, -0.2) is 42.8 Å². The van der Waals surface area contributed by atoms with Crippen LogP contribution >= 0.6 is 0 Å². The summed E-state index contributed by atoms with van der Waals surface area (Å²) in [6, 6.07) is 14.6. The largest absolute Gasteiger partial charge is 0.331 e. The molecular formula is C22H20N6O4. The van der Waals surface area contributed by atoms with Crippen molar-refractivity contribution in [1.29, 1.82) is 0 Å². The van der Waals surface area contributed by atoms with Gasteiger partial charge in [-0.25, -0.2) is 4.68 Å². The fraction of sp³-hybridized carbons (Fsp3) is 0.182. The topological polar surface area (TPSA) is 123 Å². The maximum atomic E-state index is 13.1. The average Bonchev–Trinajstić information content (AvgIpc) is 3.29. The third kappa shape index (κ3) is 3.97. The van der Waals surface area contributed by atoms with Gasteiger partial charge in [-0.2, -0.15) is 0 Å². The fourth-order valence-electron chi connectivity index (χ4n) is 3.39. The van der Waals surface area contributed by atoms with Crippen molar-refractivity contribution in [2.45, 2.75) is 20.0 Å². The minimum Gasteiger partial charge on any atom is -0.331 e. The monoisotopic (exact) mass is 432 g/mol. The van der Waals surface area contributed by atoms with E-state index < -0.39 is 11.1 Å². The Balaban J connectivity index is 1.68. The van der Waals surface area contributed by atoms with Gasteiger partial charge >= 0.3 is 0 Å². The van der Waals surface area contributed by atoms with E-state index in [-0.39, 0.29) is 34.7 Å². The summed E-state index contributed by atoms with van der Waals surface area (Å²) in [6.45, 7) is 3.83. The number of non-ortho nitro benzene ring substituents is 1. The molecule has 0 fully saturated rings. The Kier molecular flexibility index (Phi) is 5.50. The lowest BCUT2D eigenvalue weighted by Gasteiger charge is -2.36. The third-order valence-electron chi connectivity index (χ3n) is 5.07. The SMILES string of the molecule is CC(C)[C@H]1NC(=O)C(c2cn(-c3ccc([N+](=O)[O-])cc3)nn2)=CN1C(=O)c1ccccc1. The second-order valence-electron chi connectivity index (χ2n) is 7.61. The molecule has 1 aliphatic heterocycles. The van der Waals surface area contributed by atoms with Crippen LogP contribution in [0.25, 0.3) is 11.3 Å². The molecule has 1 aromatic heterocycles. The number of nitrogens with one attached hydrogen (secondary N) is 1. The second kappa shape index (κ2) is 8.42. The lowest BCUT2D eigenvalue weighted by Crippen LogP contribution is -2.54. The molecule has 0 spiro atoms. The van der Waals surface area contributed by atoms with Crippen LogP contribution in [0, 0.1) is 16.0 Å². The van der Waals surface area contributed by atoms with Crippen molar-refractivity contribution < 1.29 is 14.5 Å². The average molecular weight is 432 g/mol. The number of aromatic nitrogens is 3. The summed E-state index contributed by atoms with van der Waals surface area (Å²) in [5.74, 6) is -0.638. The highest BCUT2D eigenvalue weighted by Gasteiger charge is 2.34. The number of carbonyl (C=O) groups is 2. The molecule has 0 unspecified atom stereocenters. The van der Waals surface area contributed by atoms with Crippen LogP contribution in [-0.2, 0) is 4.79 Å². The van der Waals surface area contributed by atoms with Gasteiger partial charge in [0.05, 0.1) is 22.4 Å². The van der Waals surface area contributed by atoms with Gasteiger partial charge in [-0.05, 0) is 30.2 Å². The molecule has 2 aromatic carbocycles. The highest BCUT2D eigenvalue weighted by molar-refractivity contribution is 6.20. The Bertz CT molecular complexity index is 1200. The molecule has 0 saturated heterocycles. The van der Waals surface area contributed by atoms with E-state index in [0.29, 0.717) is 11.3 Å². The molecule has 32 heavy (non-hydrogen) atoms. The lowest BCUT2D eigenvalue weighted by molar-refractivity contribution is -0.384. The van der Waals surface area contributed by atoms with Crippen LogP contribution in [0.2, 0.25) is 0 Å². The van der Waals surface area contributed by atoms with Crippen LogP contribution in [0.5, 0.6) is 0 Å². The molecule has 0 bridgehead atoms. The van der Waals surface area contributed by atoms with E-state index >= 15 is 0 Å². The molecule has 2 amide bonds. The first-order valence-electron chi connectivity index (χ1n) is 9.93. The van der Waals surface area contributed by atoms with E-state index in [4.69, 9.17) is 0 Å². The minimum absolute atomic E-state index is 0.0276. The number of amides is 2. The molecule has 4 rings (SSSR count). The number of nitro groups is 1. The molecule has 0 radical (unpaired) electrons. The van der Waals surface area contributed by atoms with Crippen molar-refractivity contribution >= 4 is 23.1 Å². The quantitative estimate of drug-likeness (QED) is 0.488. The molecular weight excluding hydrogens is 412 g/mol. The lowest BCUT2D eigenvalue weighted by atomic mass is 10.0. The number of benzene rings is 2. The van der Waals surface area contributed by atoms with E-state index in [1.807, 2.05) is 19.9 Å². The first-order valence-corrected chi connectivity index (χ1v) is 9.93. The van der Waals surface area contributed by atoms with Gasteiger partial charge < -0.3 is 5.32 Å². The maximum absolute atomic E-state index is 13.1. The highest BCUT2D eigenvalue weighted by Crippen LogP contribution is 2.24. The third-order valence-corrected chi connectivity index (χ3v) is 5.07. The van der Waals surface area contributed by atoms with Crippen LogP contribution in [0.4, 0.5) is 5.69 Å². The second-order valence-corrected chi connectivity index (χ2v) is 7.61. The normalized spacial score (nSPS) is 16.0. The van der Waals surface area contributed by atoms with E-state index in [2.05, 4.69) is 15.6 Å². The summed E-state index contributed by atoms with van der Waals surface area (Å²) >= 11 is 0. The maximum Gasteiger partial charge on any atom is 0.269 e. The van der Waals surface area contributed by atoms with Crippen molar-refractivity contribution in [1.82, 2.24) is 25.2 Å². The van der Waals surface area contributed by atoms with Crippen LogP contribution < -0.4 is 5.32 Å². The summed E-state index contributed by atoms with van der Waals surface area (Å²) in [5, 5.41) is 21.8. The molecule has 162 valence electrons. The Labute approximate surface area is 183 Å². The fourth-order valence-corrected chi connectivity index (χ4v) is 3.39. The van der Waals surface area contributed by atoms with Crippen LogP contribution in [0.3, 0.4) is 0 Å². The minimum atomic E-state index is -0.510. The molecule has 0 aliphatic carbocycles. The molecule has 10 nitrogen and oxygen atoms in total. The zero-order valence-corrected chi connectivity index (χ0v) is 17.4. The van der Waals surface area contributed by atoms with Crippen LogP contribution in [0.15, 0.2) is 67.0 Å². The number of nitro benzene ring substituents is 1. The predicted octanol–water partition coefficient (Wildman–Crippen LogP) is 2.77. The van der Waals surface area contributed by atoms with Gasteiger partial charge in [-0.1, -0.05) is 37.3 Å². The summed E-state index contributed by atoms with van der Waals surface area (Å²) in [4.78, 5) is 37.8. The number of nitrogens with zero attached hydrogens (tertiary/aromatic N) is 5. The van der Waals surface area contributed by atoms with Crippen molar-refractivity contribution in [2.24, 2.45) is 5.92 Å². The van der Waals surface area contributed by atoms with Gasteiger partial charge in [-0.15, -0.1) is 5.10 Å². The van der Waals surface area contributed by atoms with E-state index in [1.54, 1.807) is 24.3 Å². The van der Waals surface area contributed by atoms with Crippen molar-refractivity contribution in [2.75, 3.05) is 0 Å². The molecule has 1 N–H and O–H groups in total. The van der Waals surface area contributed by atoms with Gasteiger partial charge in [0.1, 0.15) is 11.9 Å². The van der Waals surface area contributed by atoms with Gasteiger partial charge in [0.25, 0.3) is 17.5 Å².